The van der Waals surface area contributed by atoms with E-state index in [-0.39, 0.29) is 23.8 Å². The van der Waals surface area contributed by atoms with E-state index in [1.165, 1.54) is 0 Å². The molecule has 1 aliphatic rings. The van der Waals surface area contributed by atoms with Gasteiger partial charge in [0, 0.05) is 19.0 Å². The number of carbonyl (C=O) groups excluding carboxylic acids is 2. The molecule has 0 radical (unpaired) electrons. The Balaban J connectivity index is 2.04. The lowest BCUT2D eigenvalue weighted by Gasteiger charge is -2.28. The first-order chi connectivity index (χ1) is 9.81. The molecule has 1 aromatic rings. The molecule has 0 spiro atoms. The standard InChI is InChI=1S/C17H24N2O2/c1-12(2)19-11-13(10-15(19)20)16(21)18-17(3,4)14-8-6-5-7-9-14/h5-9,12-13H,10-11H2,1-4H3,(H,18,21). The van der Waals surface area contributed by atoms with Gasteiger partial charge in [0.1, 0.15) is 0 Å². The third-order valence-electron chi connectivity index (χ3n) is 4.08. The van der Waals surface area contributed by atoms with E-state index in [9.17, 15) is 9.59 Å². The summed E-state index contributed by atoms with van der Waals surface area (Å²) < 4.78 is 0. The van der Waals surface area contributed by atoms with Crippen LogP contribution in [0.1, 0.15) is 39.7 Å². The maximum atomic E-state index is 12.5. The summed E-state index contributed by atoms with van der Waals surface area (Å²) in [5.41, 5.74) is 0.621. The van der Waals surface area contributed by atoms with E-state index >= 15 is 0 Å². The van der Waals surface area contributed by atoms with E-state index in [2.05, 4.69) is 5.32 Å². The molecule has 0 aliphatic carbocycles. The summed E-state index contributed by atoms with van der Waals surface area (Å²) in [5, 5.41) is 3.08. The SMILES string of the molecule is CC(C)N1CC(C(=O)NC(C)(C)c2ccccc2)CC1=O. The lowest BCUT2D eigenvalue weighted by Crippen LogP contribution is -2.44. The molecular formula is C17H24N2O2. The average Bonchev–Trinajstić information content (AvgIpc) is 2.82. The number of benzene rings is 1. The van der Waals surface area contributed by atoms with Crippen molar-refractivity contribution in [2.75, 3.05) is 6.54 Å². The maximum absolute atomic E-state index is 12.5. The zero-order chi connectivity index (χ0) is 15.6. The van der Waals surface area contributed by atoms with Crippen molar-refractivity contribution in [3.63, 3.8) is 0 Å². The van der Waals surface area contributed by atoms with Gasteiger partial charge in [-0.05, 0) is 33.3 Å². The van der Waals surface area contributed by atoms with Crippen LogP contribution in [0, 0.1) is 5.92 Å². The van der Waals surface area contributed by atoms with Gasteiger partial charge in [0.05, 0.1) is 11.5 Å². The van der Waals surface area contributed by atoms with Crippen LogP contribution in [0.3, 0.4) is 0 Å². The maximum Gasteiger partial charge on any atom is 0.226 e. The van der Waals surface area contributed by atoms with E-state index in [1.54, 1.807) is 4.90 Å². The van der Waals surface area contributed by atoms with E-state index < -0.39 is 5.54 Å². The Labute approximate surface area is 126 Å². The second kappa shape index (κ2) is 5.88. The Kier molecular flexibility index (Phi) is 4.35. The van der Waals surface area contributed by atoms with Crippen LogP contribution in [-0.2, 0) is 15.1 Å². The van der Waals surface area contributed by atoms with Crippen LogP contribution in [0.25, 0.3) is 0 Å². The third kappa shape index (κ3) is 3.43. The summed E-state index contributed by atoms with van der Waals surface area (Å²) >= 11 is 0. The smallest absolute Gasteiger partial charge is 0.226 e. The molecule has 1 unspecified atom stereocenters. The van der Waals surface area contributed by atoms with Crippen molar-refractivity contribution < 1.29 is 9.59 Å². The molecule has 1 atom stereocenters. The van der Waals surface area contributed by atoms with Gasteiger partial charge in [-0.15, -0.1) is 0 Å². The van der Waals surface area contributed by atoms with Crippen molar-refractivity contribution in [3.8, 4) is 0 Å². The molecule has 4 heteroatoms. The molecule has 21 heavy (non-hydrogen) atoms. The molecule has 0 bridgehead atoms. The van der Waals surface area contributed by atoms with Gasteiger partial charge >= 0.3 is 0 Å². The van der Waals surface area contributed by atoms with Crippen molar-refractivity contribution in [3.05, 3.63) is 35.9 Å². The zero-order valence-corrected chi connectivity index (χ0v) is 13.2. The third-order valence-corrected chi connectivity index (χ3v) is 4.08. The molecular weight excluding hydrogens is 264 g/mol. The van der Waals surface area contributed by atoms with Crippen molar-refractivity contribution in [1.29, 1.82) is 0 Å². The van der Waals surface area contributed by atoms with Crippen LogP contribution in [-0.4, -0.2) is 29.3 Å². The molecule has 1 saturated heterocycles. The van der Waals surface area contributed by atoms with Crippen LogP contribution in [0.4, 0.5) is 0 Å². The van der Waals surface area contributed by atoms with Gasteiger partial charge in [0.25, 0.3) is 0 Å². The zero-order valence-electron chi connectivity index (χ0n) is 13.2. The summed E-state index contributed by atoms with van der Waals surface area (Å²) in [6.45, 7) is 8.44. The molecule has 1 fully saturated rings. The minimum Gasteiger partial charge on any atom is -0.347 e. The molecule has 0 aromatic heterocycles. The quantitative estimate of drug-likeness (QED) is 0.924. The van der Waals surface area contributed by atoms with Gasteiger partial charge in [0.2, 0.25) is 11.8 Å². The van der Waals surface area contributed by atoms with Crippen molar-refractivity contribution in [1.82, 2.24) is 10.2 Å². The molecule has 2 rings (SSSR count). The number of likely N-dealkylation sites (tertiary alicyclic amines) is 1. The predicted molar refractivity (Wildman–Crippen MR) is 82.6 cm³/mol. The topological polar surface area (TPSA) is 49.4 Å². The molecule has 0 saturated carbocycles. The van der Waals surface area contributed by atoms with Crippen molar-refractivity contribution in [2.45, 2.75) is 45.7 Å². The number of amides is 2. The fourth-order valence-electron chi connectivity index (χ4n) is 2.74. The predicted octanol–water partition coefficient (Wildman–Crippen LogP) is 2.29. The monoisotopic (exact) mass is 288 g/mol. The molecule has 4 nitrogen and oxygen atoms in total. The fraction of sp³-hybridized carbons (Fsp3) is 0.529. The summed E-state index contributed by atoms with van der Waals surface area (Å²) in [7, 11) is 0. The molecule has 1 heterocycles. The molecule has 114 valence electrons. The first-order valence-electron chi connectivity index (χ1n) is 7.48. The van der Waals surface area contributed by atoms with Gasteiger partial charge in [-0.2, -0.15) is 0 Å². The number of nitrogens with zero attached hydrogens (tertiary/aromatic N) is 1. The summed E-state index contributed by atoms with van der Waals surface area (Å²) in [6.07, 6.45) is 0.314. The van der Waals surface area contributed by atoms with Crippen LogP contribution in [0.5, 0.6) is 0 Å². The average molecular weight is 288 g/mol. The minimum atomic E-state index is -0.438. The van der Waals surface area contributed by atoms with Crippen LogP contribution in [0.2, 0.25) is 0 Å². The Morgan fingerprint density at radius 3 is 2.43 bits per heavy atom. The van der Waals surface area contributed by atoms with Gasteiger partial charge in [-0.25, -0.2) is 0 Å². The molecule has 1 N–H and O–H groups in total. The molecule has 1 aromatic carbocycles. The Hall–Kier alpha value is -1.84. The normalized spacial score (nSPS) is 19.2. The highest BCUT2D eigenvalue weighted by atomic mass is 16.2. The first-order valence-corrected chi connectivity index (χ1v) is 7.48. The summed E-state index contributed by atoms with van der Waals surface area (Å²) in [5.74, 6) is -0.217. The second-order valence-electron chi connectivity index (χ2n) is 6.52. The lowest BCUT2D eigenvalue weighted by atomic mass is 9.93. The van der Waals surface area contributed by atoms with E-state index in [4.69, 9.17) is 0 Å². The lowest BCUT2D eigenvalue weighted by molar-refractivity contribution is -0.130. The number of hydrogen-bond acceptors (Lipinski definition) is 2. The van der Waals surface area contributed by atoms with Gasteiger partial charge < -0.3 is 10.2 Å². The Morgan fingerprint density at radius 2 is 1.90 bits per heavy atom. The Bertz CT molecular complexity index is 523. The van der Waals surface area contributed by atoms with Crippen LogP contribution < -0.4 is 5.32 Å². The highest BCUT2D eigenvalue weighted by Crippen LogP contribution is 2.24. The Morgan fingerprint density at radius 1 is 1.29 bits per heavy atom. The van der Waals surface area contributed by atoms with Crippen molar-refractivity contribution >= 4 is 11.8 Å². The van der Waals surface area contributed by atoms with E-state index in [1.807, 2.05) is 58.0 Å². The van der Waals surface area contributed by atoms with E-state index in [0.717, 1.165) is 5.56 Å². The summed E-state index contributed by atoms with van der Waals surface area (Å²) in [4.78, 5) is 26.1. The number of nitrogens with one attached hydrogen (secondary N) is 1. The second-order valence-corrected chi connectivity index (χ2v) is 6.52. The van der Waals surface area contributed by atoms with E-state index in [0.29, 0.717) is 13.0 Å². The van der Waals surface area contributed by atoms with Crippen LogP contribution in [0.15, 0.2) is 30.3 Å². The van der Waals surface area contributed by atoms with Gasteiger partial charge in [-0.1, -0.05) is 30.3 Å². The summed E-state index contributed by atoms with van der Waals surface area (Å²) in [6, 6.07) is 10.0. The fourth-order valence-corrected chi connectivity index (χ4v) is 2.74. The highest BCUT2D eigenvalue weighted by molar-refractivity contribution is 5.89. The molecule has 1 aliphatic heterocycles. The molecule has 2 amide bonds. The number of carbonyl (C=O) groups is 2. The van der Waals surface area contributed by atoms with Gasteiger partial charge in [-0.3, -0.25) is 9.59 Å². The number of rotatable bonds is 4. The van der Waals surface area contributed by atoms with Crippen LogP contribution >= 0.6 is 0 Å². The van der Waals surface area contributed by atoms with Gasteiger partial charge in [0.15, 0.2) is 0 Å². The minimum absolute atomic E-state index is 0.0413. The first kappa shape index (κ1) is 15.5. The largest absolute Gasteiger partial charge is 0.347 e. The van der Waals surface area contributed by atoms with Crippen molar-refractivity contribution in [2.24, 2.45) is 5.92 Å². The number of hydrogen-bond donors (Lipinski definition) is 1. The highest BCUT2D eigenvalue weighted by Gasteiger charge is 2.37.